The van der Waals surface area contributed by atoms with Crippen molar-refractivity contribution in [2.45, 2.75) is 84.8 Å². The third kappa shape index (κ3) is 10.2. The molecule has 0 N–H and O–H groups in total. The fraction of sp³-hybridized carbons (Fsp3) is 0.636. The molecule has 0 bridgehead atoms. The van der Waals surface area contributed by atoms with E-state index in [1.54, 1.807) is 0 Å². The molecule has 1 atom stereocenters. The Labute approximate surface area is 158 Å². The van der Waals surface area contributed by atoms with E-state index in [1.165, 1.54) is 0 Å². The van der Waals surface area contributed by atoms with Gasteiger partial charge in [0.05, 0.1) is 5.92 Å². The number of ether oxygens (including phenoxy) is 2. The molecule has 1 aromatic carbocycles. The van der Waals surface area contributed by atoms with Crippen LogP contribution < -0.4 is 0 Å². The monoisotopic (exact) mass is 362 g/mol. The molecule has 4 nitrogen and oxygen atoms in total. The summed E-state index contributed by atoms with van der Waals surface area (Å²) in [5.74, 6) is -0.294. The van der Waals surface area contributed by atoms with E-state index in [0.717, 1.165) is 44.1 Å². The lowest BCUT2D eigenvalue weighted by Crippen LogP contribution is -2.28. The Morgan fingerprint density at radius 3 is 2.31 bits per heavy atom. The first-order valence-electron chi connectivity index (χ1n) is 9.74. The Hall–Kier alpha value is -1.84. The molecule has 0 amide bonds. The van der Waals surface area contributed by atoms with E-state index in [9.17, 15) is 9.59 Å². The molecule has 0 saturated heterocycles. The maximum Gasteiger partial charge on any atom is 0.309 e. The van der Waals surface area contributed by atoms with Gasteiger partial charge in [-0.2, -0.15) is 0 Å². The summed E-state index contributed by atoms with van der Waals surface area (Å²) in [6, 6.07) is 9.69. The number of carbonyl (C=O) groups is 2. The highest BCUT2D eigenvalue weighted by atomic mass is 16.6. The molecule has 146 valence electrons. The zero-order chi connectivity index (χ0) is 19.4. The minimum absolute atomic E-state index is 0.0377. The van der Waals surface area contributed by atoms with Crippen LogP contribution in [0, 0.1) is 5.92 Å². The van der Waals surface area contributed by atoms with E-state index >= 15 is 0 Å². The van der Waals surface area contributed by atoms with Gasteiger partial charge in [0.15, 0.2) is 0 Å². The van der Waals surface area contributed by atoms with Crippen molar-refractivity contribution in [3.63, 3.8) is 0 Å². The molecular weight excluding hydrogens is 328 g/mol. The van der Waals surface area contributed by atoms with Crippen LogP contribution in [0.3, 0.4) is 0 Å². The van der Waals surface area contributed by atoms with Gasteiger partial charge < -0.3 is 9.47 Å². The first-order chi connectivity index (χ1) is 12.3. The first-order valence-corrected chi connectivity index (χ1v) is 9.74. The van der Waals surface area contributed by atoms with E-state index in [1.807, 2.05) is 51.1 Å². The summed E-state index contributed by atoms with van der Waals surface area (Å²) in [5, 5.41) is 0. The van der Waals surface area contributed by atoms with Gasteiger partial charge in [0.2, 0.25) is 0 Å². The van der Waals surface area contributed by atoms with Gasteiger partial charge >= 0.3 is 11.9 Å². The highest BCUT2D eigenvalue weighted by Crippen LogP contribution is 2.21. The van der Waals surface area contributed by atoms with Gasteiger partial charge in [-0.1, -0.05) is 56.5 Å². The molecule has 0 aliphatic rings. The zero-order valence-electron chi connectivity index (χ0n) is 16.8. The molecule has 0 aromatic heterocycles. The Balaban J connectivity index is 2.20. The Morgan fingerprint density at radius 2 is 1.69 bits per heavy atom. The number of hydrogen-bond acceptors (Lipinski definition) is 4. The van der Waals surface area contributed by atoms with Gasteiger partial charge in [0.1, 0.15) is 12.2 Å². The number of carbonyl (C=O) groups excluding carboxylic acids is 2. The SMILES string of the molecule is CCCC(CCCCCC(=O)OCc1ccccc1)C(=O)OC(C)(C)C. The van der Waals surface area contributed by atoms with E-state index in [2.05, 4.69) is 6.92 Å². The summed E-state index contributed by atoms with van der Waals surface area (Å²) in [7, 11) is 0. The van der Waals surface area contributed by atoms with Crippen LogP contribution >= 0.6 is 0 Å². The summed E-state index contributed by atoms with van der Waals surface area (Å²) in [4.78, 5) is 24.0. The summed E-state index contributed by atoms with van der Waals surface area (Å²) < 4.78 is 10.8. The molecule has 4 heteroatoms. The van der Waals surface area contributed by atoms with Gasteiger partial charge in [0, 0.05) is 6.42 Å². The largest absolute Gasteiger partial charge is 0.461 e. The molecule has 0 spiro atoms. The third-order valence-electron chi connectivity index (χ3n) is 4.05. The van der Waals surface area contributed by atoms with Gasteiger partial charge in [0.25, 0.3) is 0 Å². The van der Waals surface area contributed by atoms with Crippen LogP contribution in [0.25, 0.3) is 0 Å². The van der Waals surface area contributed by atoms with Crippen molar-refractivity contribution in [2.24, 2.45) is 5.92 Å². The highest BCUT2D eigenvalue weighted by Gasteiger charge is 2.24. The standard InChI is InChI=1S/C22H34O4/c1-5-12-19(21(24)26-22(2,3)4)15-10-7-11-16-20(23)25-17-18-13-8-6-9-14-18/h6,8-9,13-14,19H,5,7,10-12,15-17H2,1-4H3. The lowest BCUT2D eigenvalue weighted by molar-refractivity contribution is -0.160. The van der Waals surface area contributed by atoms with Crippen molar-refractivity contribution >= 4 is 11.9 Å². The molecule has 0 saturated carbocycles. The molecule has 1 aromatic rings. The van der Waals surface area contributed by atoms with Crippen molar-refractivity contribution in [1.29, 1.82) is 0 Å². The van der Waals surface area contributed by atoms with Gasteiger partial charge in [-0.05, 0) is 45.6 Å². The smallest absolute Gasteiger partial charge is 0.309 e. The summed E-state index contributed by atoms with van der Waals surface area (Å²) in [5.41, 5.74) is 0.562. The molecule has 0 fully saturated rings. The molecule has 1 rings (SSSR count). The highest BCUT2D eigenvalue weighted by molar-refractivity contribution is 5.72. The van der Waals surface area contributed by atoms with Crippen LogP contribution in [0.4, 0.5) is 0 Å². The quantitative estimate of drug-likeness (QED) is 0.388. The van der Waals surface area contributed by atoms with E-state index < -0.39 is 5.60 Å². The van der Waals surface area contributed by atoms with Crippen LogP contribution in [0.1, 0.15) is 78.2 Å². The second-order valence-corrected chi connectivity index (χ2v) is 7.76. The number of hydrogen-bond donors (Lipinski definition) is 0. The molecule has 0 aliphatic heterocycles. The molecule has 0 radical (unpaired) electrons. The van der Waals surface area contributed by atoms with Crippen molar-refractivity contribution in [2.75, 3.05) is 0 Å². The Kier molecular flexibility index (Phi) is 10.0. The topological polar surface area (TPSA) is 52.6 Å². The van der Waals surface area contributed by atoms with Crippen LogP contribution in [0.2, 0.25) is 0 Å². The third-order valence-corrected chi connectivity index (χ3v) is 4.05. The van der Waals surface area contributed by atoms with Crippen molar-refractivity contribution in [1.82, 2.24) is 0 Å². The lowest BCUT2D eigenvalue weighted by atomic mass is 9.96. The predicted octanol–water partition coefficient (Wildman–Crippen LogP) is 5.44. The van der Waals surface area contributed by atoms with Crippen molar-refractivity contribution in [3.8, 4) is 0 Å². The second-order valence-electron chi connectivity index (χ2n) is 7.76. The van der Waals surface area contributed by atoms with Crippen LogP contribution in [0.5, 0.6) is 0 Å². The fourth-order valence-corrected chi connectivity index (χ4v) is 2.76. The van der Waals surface area contributed by atoms with Crippen LogP contribution in [-0.4, -0.2) is 17.5 Å². The molecule has 0 heterocycles. The fourth-order valence-electron chi connectivity index (χ4n) is 2.76. The average molecular weight is 363 g/mol. The molecule has 1 unspecified atom stereocenters. The van der Waals surface area contributed by atoms with Crippen molar-refractivity contribution in [3.05, 3.63) is 35.9 Å². The second kappa shape index (κ2) is 11.7. The van der Waals surface area contributed by atoms with Crippen LogP contribution in [0.15, 0.2) is 30.3 Å². The summed E-state index contributed by atoms with van der Waals surface area (Å²) in [6.07, 6.45) is 5.71. The minimum atomic E-state index is -0.439. The molecule has 26 heavy (non-hydrogen) atoms. The van der Waals surface area contributed by atoms with Gasteiger partial charge in [-0.25, -0.2) is 0 Å². The zero-order valence-corrected chi connectivity index (χ0v) is 16.8. The summed E-state index contributed by atoms with van der Waals surface area (Å²) in [6.45, 7) is 8.11. The number of benzene rings is 1. The lowest BCUT2D eigenvalue weighted by Gasteiger charge is -2.23. The number of unbranched alkanes of at least 4 members (excludes halogenated alkanes) is 2. The Morgan fingerprint density at radius 1 is 1.00 bits per heavy atom. The molecule has 0 aliphatic carbocycles. The van der Waals surface area contributed by atoms with Gasteiger partial charge in [-0.3, -0.25) is 9.59 Å². The normalized spacial score (nSPS) is 12.5. The number of rotatable bonds is 11. The minimum Gasteiger partial charge on any atom is -0.461 e. The number of esters is 2. The van der Waals surface area contributed by atoms with Crippen LogP contribution in [-0.2, 0) is 25.7 Å². The average Bonchev–Trinajstić information content (AvgIpc) is 2.58. The summed E-state index contributed by atoms with van der Waals surface area (Å²) >= 11 is 0. The van der Waals surface area contributed by atoms with Crippen molar-refractivity contribution < 1.29 is 19.1 Å². The predicted molar refractivity (Wildman–Crippen MR) is 104 cm³/mol. The Bertz CT molecular complexity index is 531. The first kappa shape index (κ1) is 22.2. The van der Waals surface area contributed by atoms with E-state index in [0.29, 0.717) is 13.0 Å². The van der Waals surface area contributed by atoms with E-state index in [4.69, 9.17) is 9.47 Å². The van der Waals surface area contributed by atoms with E-state index in [-0.39, 0.29) is 17.9 Å². The van der Waals surface area contributed by atoms with Gasteiger partial charge in [-0.15, -0.1) is 0 Å². The maximum absolute atomic E-state index is 12.2. The maximum atomic E-state index is 12.2. The molecular formula is C22H34O4.